The Labute approximate surface area is 88.6 Å². The van der Waals surface area contributed by atoms with Crippen molar-refractivity contribution in [3.8, 4) is 0 Å². The predicted molar refractivity (Wildman–Crippen MR) is 61.5 cm³/mol. The molecule has 1 aliphatic rings. The number of amidine groups is 1. The van der Waals surface area contributed by atoms with Crippen LogP contribution in [0.5, 0.6) is 0 Å². The lowest BCUT2D eigenvalue weighted by Gasteiger charge is -2.13. The Morgan fingerprint density at radius 3 is 3.00 bits per heavy atom. The van der Waals surface area contributed by atoms with Gasteiger partial charge in [-0.3, -0.25) is 14.7 Å². The number of carbonyl (C=O) groups excluding carboxylic acids is 1. The molecule has 3 nitrogen and oxygen atoms in total. The summed E-state index contributed by atoms with van der Waals surface area (Å²) in [6, 6.07) is 0. The number of amides is 1. The molecule has 0 aliphatic carbocycles. The van der Waals surface area contributed by atoms with Crippen LogP contribution in [-0.2, 0) is 4.79 Å². The molecule has 0 saturated heterocycles. The van der Waals surface area contributed by atoms with Gasteiger partial charge in [-0.15, -0.1) is 0 Å². The van der Waals surface area contributed by atoms with Crippen molar-refractivity contribution in [1.29, 1.82) is 0 Å². The molecule has 0 aromatic rings. The van der Waals surface area contributed by atoms with E-state index in [1.807, 2.05) is 25.3 Å². The van der Waals surface area contributed by atoms with Gasteiger partial charge in [-0.1, -0.05) is 30.0 Å². The number of thioether (sulfide) groups is 1. The van der Waals surface area contributed by atoms with E-state index in [1.165, 1.54) is 11.8 Å². The Hall–Kier alpha value is -1.03. The quantitative estimate of drug-likeness (QED) is 0.513. The fraction of sp³-hybridized carbons (Fsp3) is 0.400. The van der Waals surface area contributed by atoms with Crippen LogP contribution in [0.4, 0.5) is 0 Å². The molecule has 1 aliphatic heterocycles. The molecule has 1 rings (SSSR count). The molecule has 0 N–H and O–H groups in total. The molecule has 0 saturated carbocycles. The molecule has 1 amide bonds. The van der Waals surface area contributed by atoms with E-state index >= 15 is 0 Å². The van der Waals surface area contributed by atoms with Gasteiger partial charge in [-0.25, -0.2) is 0 Å². The van der Waals surface area contributed by atoms with Crippen molar-refractivity contribution in [2.45, 2.75) is 6.92 Å². The van der Waals surface area contributed by atoms with Crippen LogP contribution in [0, 0.1) is 0 Å². The second-order valence-corrected chi connectivity index (χ2v) is 3.52. The first-order chi connectivity index (χ1) is 6.79. The van der Waals surface area contributed by atoms with Gasteiger partial charge < -0.3 is 0 Å². The van der Waals surface area contributed by atoms with Crippen molar-refractivity contribution >= 4 is 22.8 Å². The highest BCUT2D eigenvalue weighted by Gasteiger charge is 2.20. The average molecular weight is 210 g/mol. The number of hydrogen-bond acceptors (Lipinski definition) is 3. The Bertz CT molecular complexity index is 294. The fourth-order valence-corrected chi connectivity index (χ4v) is 1.77. The van der Waals surface area contributed by atoms with Crippen LogP contribution < -0.4 is 0 Å². The van der Waals surface area contributed by atoms with Gasteiger partial charge in [0.1, 0.15) is 0 Å². The van der Waals surface area contributed by atoms with E-state index in [-0.39, 0.29) is 5.91 Å². The molecular formula is C10H14N2OS. The first kappa shape index (κ1) is 11.0. The summed E-state index contributed by atoms with van der Waals surface area (Å²) >= 11 is 1.51. The van der Waals surface area contributed by atoms with E-state index in [1.54, 1.807) is 17.1 Å². The summed E-state index contributed by atoms with van der Waals surface area (Å²) < 4.78 is 0. The summed E-state index contributed by atoms with van der Waals surface area (Å²) in [5.74, 6) is 0.00806. The zero-order valence-corrected chi connectivity index (χ0v) is 9.25. The molecule has 0 atom stereocenters. The third kappa shape index (κ3) is 2.73. The highest BCUT2D eigenvalue weighted by atomic mass is 32.2. The van der Waals surface area contributed by atoms with E-state index in [2.05, 4.69) is 4.99 Å². The molecule has 1 heterocycles. The Balaban J connectivity index is 2.57. The summed E-state index contributed by atoms with van der Waals surface area (Å²) in [6.45, 7) is 3.34. The monoisotopic (exact) mass is 210 g/mol. The van der Waals surface area contributed by atoms with Crippen molar-refractivity contribution < 1.29 is 4.79 Å². The smallest absolute Gasteiger partial charge is 0.252 e. The zero-order chi connectivity index (χ0) is 10.4. The van der Waals surface area contributed by atoms with E-state index in [9.17, 15) is 4.79 Å². The van der Waals surface area contributed by atoms with Crippen LogP contribution in [0.25, 0.3) is 0 Å². The highest BCUT2D eigenvalue weighted by molar-refractivity contribution is 8.13. The van der Waals surface area contributed by atoms with Gasteiger partial charge in [-0.2, -0.15) is 0 Å². The first-order valence-corrected chi connectivity index (χ1v) is 5.71. The molecule has 0 spiro atoms. The normalized spacial score (nSPS) is 17.0. The minimum Gasteiger partial charge on any atom is -0.286 e. The molecule has 0 bridgehead atoms. The summed E-state index contributed by atoms with van der Waals surface area (Å²) in [7, 11) is 0. The maximum absolute atomic E-state index is 11.6. The maximum atomic E-state index is 11.6. The average Bonchev–Trinajstić information content (AvgIpc) is 2.65. The summed E-state index contributed by atoms with van der Waals surface area (Å²) in [4.78, 5) is 17.5. The predicted octanol–water partition coefficient (Wildman–Crippen LogP) is 1.68. The zero-order valence-electron chi connectivity index (χ0n) is 8.43. The molecule has 0 aromatic carbocycles. The van der Waals surface area contributed by atoms with E-state index in [0.717, 1.165) is 11.7 Å². The Morgan fingerprint density at radius 1 is 1.57 bits per heavy atom. The van der Waals surface area contributed by atoms with Crippen molar-refractivity contribution in [2.75, 3.05) is 19.3 Å². The number of hydrogen-bond donors (Lipinski definition) is 0. The summed E-state index contributed by atoms with van der Waals surface area (Å²) in [5, 5.41) is 0.820. The number of aliphatic imine (C=N–C) groups is 1. The van der Waals surface area contributed by atoms with Crippen LogP contribution in [0.2, 0.25) is 0 Å². The minimum absolute atomic E-state index is 0.00806. The van der Waals surface area contributed by atoms with E-state index in [4.69, 9.17) is 0 Å². The molecule has 0 fully saturated rings. The molecule has 76 valence electrons. The first-order valence-electron chi connectivity index (χ1n) is 4.49. The standard InChI is InChI=1S/C10H14N2OS/c1-3-4-5-6-9(13)12-8-7-11-10(12)14-2/h3-6H,7-8H2,1-2H3/b4-3+,6-5+. The van der Waals surface area contributed by atoms with Crippen LogP contribution in [0.15, 0.2) is 29.3 Å². The van der Waals surface area contributed by atoms with Crippen LogP contribution >= 0.6 is 11.8 Å². The molecule has 4 heteroatoms. The molecular weight excluding hydrogens is 196 g/mol. The fourth-order valence-electron chi connectivity index (χ4n) is 1.14. The lowest BCUT2D eigenvalue weighted by atomic mass is 10.4. The summed E-state index contributed by atoms with van der Waals surface area (Å²) in [6.07, 6.45) is 8.97. The van der Waals surface area contributed by atoms with Gasteiger partial charge >= 0.3 is 0 Å². The lowest BCUT2D eigenvalue weighted by molar-refractivity contribution is -0.121. The Kier molecular flexibility index (Phi) is 4.46. The topological polar surface area (TPSA) is 32.7 Å². The van der Waals surface area contributed by atoms with Gasteiger partial charge in [0.25, 0.3) is 5.91 Å². The van der Waals surface area contributed by atoms with Crippen molar-refractivity contribution in [3.63, 3.8) is 0 Å². The molecule has 14 heavy (non-hydrogen) atoms. The molecule has 0 aromatic heterocycles. The SMILES string of the molecule is C/C=C/C=C/C(=O)N1CCN=C1SC. The van der Waals surface area contributed by atoms with Gasteiger partial charge in [-0.05, 0) is 13.2 Å². The number of rotatable bonds is 2. The van der Waals surface area contributed by atoms with E-state index < -0.39 is 0 Å². The highest BCUT2D eigenvalue weighted by Crippen LogP contribution is 2.11. The minimum atomic E-state index is 0.00806. The van der Waals surface area contributed by atoms with E-state index in [0.29, 0.717) is 6.54 Å². The lowest BCUT2D eigenvalue weighted by Crippen LogP contribution is -2.31. The van der Waals surface area contributed by atoms with Crippen LogP contribution in [0.1, 0.15) is 6.92 Å². The molecule has 0 radical (unpaired) electrons. The van der Waals surface area contributed by atoms with Gasteiger partial charge in [0.15, 0.2) is 5.17 Å². The number of nitrogens with zero attached hydrogens (tertiary/aromatic N) is 2. The van der Waals surface area contributed by atoms with Crippen LogP contribution in [0.3, 0.4) is 0 Å². The van der Waals surface area contributed by atoms with Crippen molar-refractivity contribution in [1.82, 2.24) is 4.90 Å². The summed E-state index contributed by atoms with van der Waals surface area (Å²) in [5.41, 5.74) is 0. The van der Waals surface area contributed by atoms with Crippen molar-refractivity contribution in [3.05, 3.63) is 24.3 Å². The van der Waals surface area contributed by atoms with Crippen molar-refractivity contribution in [2.24, 2.45) is 4.99 Å². The molecule has 0 unspecified atom stereocenters. The van der Waals surface area contributed by atoms with Crippen LogP contribution in [-0.4, -0.2) is 35.3 Å². The largest absolute Gasteiger partial charge is 0.286 e. The van der Waals surface area contributed by atoms with Gasteiger partial charge in [0.2, 0.25) is 0 Å². The number of allylic oxidation sites excluding steroid dienone is 3. The van der Waals surface area contributed by atoms with Gasteiger partial charge in [0, 0.05) is 12.6 Å². The second kappa shape index (κ2) is 5.65. The third-order valence-corrected chi connectivity index (χ3v) is 2.51. The Morgan fingerprint density at radius 2 is 2.36 bits per heavy atom. The number of carbonyl (C=O) groups is 1. The maximum Gasteiger partial charge on any atom is 0.252 e. The second-order valence-electron chi connectivity index (χ2n) is 2.74. The third-order valence-electron chi connectivity index (χ3n) is 1.79. The van der Waals surface area contributed by atoms with Gasteiger partial charge in [0.05, 0.1) is 6.54 Å².